The standard InChI is InChI=1S/C14H13FN4/c1-2-4-17-14-18-5-3-13(19-14)11-6-10(9-16)7-12(15)8-11/h3,5-8H,2,4H2,1H3,(H,17,18,19). The molecular formula is C14H13FN4. The summed E-state index contributed by atoms with van der Waals surface area (Å²) in [6.07, 6.45) is 2.57. The third-order valence-corrected chi connectivity index (χ3v) is 2.51. The zero-order chi connectivity index (χ0) is 13.7. The summed E-state index contributed by atoms with van der Waals surface area (Å²) in [6, 6.07) is 7.77. The molecule has 2 rings (SSSR count). The molecule has 96 valence electrons. The Kier molecular flexibility index (Phi) is 4.04. The van der Waals surface area contributed by atoms with Crippen molar-refractivity contribution in [2.45, 2.75) is 13.3 Å². The average Bonchev–Trinajstić information content (AvgIpc) is 2.44. The third kappa shape index (κ3) is 3.26. The van der Waals surface area contributed by atoms with Crippen LogP contribution in [-0.2, 0) is 0 Å². The number of hydrogen-bond acceptors (Lipinski definition) is 4. The fourth-order valence-electron chi connectivity index (χ4n) is 1.64. The SMILES string of the molecule is CCCNc1nccc(-c2cc(F)cc(C#N)c2)n1. The van der Waals surface area contributed by atoms with Crippen LogP contribution in [0, 0.1) is 17.1 Å². The van der Waals surface area contributed by atoms with Gasteiger partial charge in [-0.2, -0.15) is 5.26 Å². The Hall–Kier alpha value is -2.48. The van der Waals surface area contributed by atoms with Crippen molar-refractivity contribution in [3.63, 3.8) is 0 Å². The third-order valence-electron chi connectivity index (χ3n) is 2.51. The smallest absolute Gasteiger partial charge is 0.223 e. The van der Waals surface area contributed by atoms with Crippen LogP contribution in [0.15, 0.2) is 30.5 Å². The number of hydrogen-bond donors (Lipinski definition) is 1. The maximum Gasteiger partial charge on any atom is 0.223 e. The Bertz CT molecular complexity index is 619. The van der Waals surface area contributed by atoms with E-state index in [4.69, 9.17) is 5.26 Å². The highest BCUT2D eigenvalue weighted by molar-refractivity contribution is 5.62. The fraction of sp³-hybridized carbons (Fsp3) is 0.214. The second-order valence-electron chi connectivity index (χ2n) is 4.03. The van der Waals surface area contributed by atoms with E-state index in [9.17, 15) is 4.39 Å². The molecule has 0 saturated heterocycles. The number of nitrogens with zero attached hydrogens (tertiary/aromatic N) is 3. The number of anilines is 1. The minimum Gasteiger partial charge on any atom is -0.354 e. The Labute approximate surface area is 110 Å². The number of rotatable bonds is 4. The van der Waals surface area contributed by atoms with Gasteiger partial charge in [-0.05, 0) is 30.7 Å². The lowest BCUT2D eigenvalue weighted by atomic mass is 10.1. The lowest BCUT2D eigenvalue weighted by Crippen LogP contribution is -2.04. The van der Waals surface area contributed by atoms with Gasteiger partial charge in [0, 0.05) is 18.3 Å². The van der Waals surface area contributed by atoms with E-state index >= 15 is 0 Å². The summed E-state index contributed by atoms with van der Waals surface area (Å²) >= 11 is 0. The predicted octanol–water partition coefficient (Wildman–Crippen LogP) is 2.98. The van der Waals surface area contributed by atoms with E-state index in [-0.39, 0.29) is 5.56 Å². The molecule has 1 aromatic carbocycles. The molecular weight excluding hydrogens is 243 g/mol. The van der Waals surface area contributed by atoms with Gasteiger partial charge in [0.05, 0.1) is 17.3 Å². The largest absolute Gasteiger partial charge is 0.354 e. The molecule has 0 unspecified atom stereocenters. The first-order chi connectivity index (χ1) is 9.22. The Morgan fingerprint density at radius 2 is 2.21 bits per heavy atom. The average molecular weight is 256 g/mol. The van der Waals surface area contributed by atoms with Crippen molar-refractivity contribution in [3.05, 3.63) is 41.8 Å². The van der Waals surface area contributed by atoms with Gasteiger partial charge in [-0.3, -0.25) is 0 Å². The quantitative estimate of drug-likeness (QED) is 0.913. The number of aromatic nitrogens is 2. The van der Waals surface area contributed by atoms with Crippen LogP contribution in [-0.4, -0.2) is 16.5 Å². The molecule has 2 aromatic rings. The van der Waals surface area contributed by atoms with Gasteiger partial charge in [0.1, 0.15) is 5.82 Å². The van der Waals surface area contributed by atoms with Crippen molar-refractivity contribution in [1.29, 1.82) is 5.26 Å². The van der Waals surface area contributed by atoms with Crippen molar-refractivity contribution < 1.29 is 4.39 Å². The maximum absolute atomic E-state index is 13.4. The first kappa shape index (κ1) is 13.0. The molecule has 5 heteroatoms. The minimum atomic E-state index is -0.448. The highest BCUT2D eigenvalue weighted by atomic mass is 19.1. The van der Waals surface area contributed by atoms with Crippen LogP contribution < -0.4 is 5.32 Å². The van der Waals surface area contributed by atoms with Gasteiger partial charge in [0.25, 0.3) is 0 Å². The van der Waals surface area contributed by atoms with Crippen molar-refractivity contribution in [2.24, 2.45) is 0 Å². The van der Waals surface area contributed by atoms with Crippen molar-refractivity contribution in [3.8, 4) is 17.3 Å². The molecule has 1 N–H and O–H groups in total. The number of nitrogens with one attached hydrogen (secondary N) is 1. The second-order valence-corrected chi connectivity index (χ2v) is 4.03. The molecule has 0 bridgehead atoms. The van der Waals surface area contributed by atoms with Crippen LogP contribution in [0.2, 0.25) is 0 Å². The van der Waals surface area contributed by atoms with Gasteiger partial charge < -0.3 is 5.32 Å². The van der Waals surface area contributed by atoms with Crippen LogP contribution in [0.3, 0.4) is 0 Å². The van der Waals surface area contributed by atoms with Crippen LogP contribution >= 0.6 is 0 Å². The summed E-state index contributed by atoms with van der Waals surface area (Å²) in [5, 5.41) is 11.9. The van der Waals surface area contributed by atoms with Crippen molar-refractivity contribution in [2.75, 3.05) is 11.9 Å². The summed E-state index contributed by atoms with van der Waals surface area (Å²) < 4.78 is 13.4. The molecule has 0 aliphatic heterocycles. The topological polar surface area (TPSA) is 61.6 Å². The van der Waals surface area contributed by atoms with Crippen LogP contribution in [0.25, 0.3) is 11.3 Å². The zero-order valence-corrected chi connectivity index (χ0v) is 10.5. The number of nitriles is 1. The first-order valence-electron chi connectivity index (χ1n) is 6.01. The van der Waals surface area contributed by atoms with Crippen LogP contribution in [0.4, 0.5) is 10.3 Å². The summed E-state index contributed by atoms with van der Waals surface area (Å²) in [4.78, 5) is 8.39. The van der Waals surface area contributed by atoms with Gasteiger partial charge in [-0.1, -0.05) is 6.92 Å². The van der Waals surface area contributed by atoms with E-state index in [1.165, 1.54) is 12.1 Å². The van der Waals surface area contributed by atoms with Gasteiger partial charge in [-0.15, -0.1) is 0 Å². The van der Waals surface area contributed by atoms with E-state index in [1.807, 2.05) is 13.0 Å². The number of benzene rings is 1. The maximum atomic E-state index is 13.4. The Balaban J connectivity index is 2.36. The highest BCUT2D eigenvalue weighted by Crippen LogP contribution is 2.20. The predicted molar refractivity (Wildman–Crippen MR) is 70.9 cm³/mol. The first-order valence-corrected chi connectivity index (χ1v) is 6.01. The Morgan fingerprint density at radius 1 is 1.37 bits per heavy atom. The molecule has 0 fully saturated rings. The van der Waals surface area contributed by atoms with E-state index in [0.29, 0.717) is 17.2 Å². The summed E-state index contributed by atoms with van der Waals surface area (Å²) in [7, 11) is 0. The molecule has 0 saturated carbocycles. The van der Waals surface area contributed by atoms with Gasteiger partial charge in [-0.25, -0.2) is 14.4 Å². The van der Waals surface area contributed by atoms with E-state index in [1.54, 1.807) is 18.3 Å². The molecule has 0 spiro atoms. The normalized spacial score (nSPS) is 9.95. The minimum absolute atomic E-state index is 0.275. The van der Waals surface area contributed by atoms with Crippen molar-refractivity contribution >= 4 is 5.95 Å². The summed E-state index contributed by atoms with van der Waals surface area (Å²) in [5.74, 6) is 0.0536. The molecule has 0 aliphatic rings. The molecule has 0 radical (unpaired) electrons. The lowest BCUT2D eigenvalue weighted by Gasteiger charge is -2.06. The number of halogens is 1. The van der Waals surface area contributed by atoms with Crippen LogP contribution in [0.1, 0.15) is 18.9 Å². The Morgan fingerprint density at radius 3 is 2.95 bits per heavy atom. The lowest BCUT2D eigenvalue weighted by molar-refractivity contribution is 0.628. The van der Waals surface area contributed by atoms with E-state index in [0.717, 1.165) is 13.0 Å². The highest BCUT2D eigenvalue weighted by Gasteiger charge is 2.05. The molecule has 1 aromatic heterocycles. The van der Waals surface area contributed by atoms with E-state index in [2.05, 4.69) is 15.3 Å². The van der Waals surface area contributed by atoms with Crippen molar-refractivity contribution in [1.82, 2.24) is 9.97 Å². The van der Waals surface area contributed by atoms with Gasteiger partial charge in [0.15, 0.2) is 0 Å². The zero-order valence-electron chi connectivity index (χ0n) is 10.5. The summed E-state index contributed by atoms with van der Waals surface area (Å²) in [5.41, 5.74) is 1.43. The molecule has 0 atom stereocenters. The van der Waals surface area contributed by atoms with Crippen LogP contribution in [0.5, 0.6) is 0 Å². The van der Waals surface area contributed by atoms with E-state index < -0.39 is 5.82 Å². The van der Waals surface area contributed by atoms with Gasteiger partial charge >= 0.3 is 0 Å². The van der Waals surface area contributed by atoms with Gasteiger partial charge in [0.2, 0.25) is 5.95 Å². The molecule has 0 amide bonds. The molecule has 19 heavy (non-hydrogen) atoms. The second kappa shape index (κ2) is 5.91. The molecule has 1 heterocycles. The fourth-order valence-corrected chi connectivity index (χ4v) is 1.64. The molecule has 0 aliphatic carbocycles. The monoisotopic (exact) mass is 256 g/mol. The molecule has 4 nitrogen and oxygen atoms in total. The summed E-state index contributed by atoms with van der Waals surface area (Å²) in [6.45, 7) is 2.82.